The van der Waals surface area contributed by atoms with Crippen LogP contribution in [-0.2, 0) is 19.2 Å². The van der Waals surface area contributed by atoms with E-state index in [-0.39, 0.29) is 39.0 Å². The smallest absolute Gasteiger partial charge is 0.243 e. The second-order valence-corrected chi connectivity index (χ2v) is 4.79. The third-order valence-corrected chi connectivity index (χ3v) is 3.08. The second kappa shape index (κ2) is 8.95. The molecule has 1 aliphatic rings. The maximum absolute atomic E-state index is 11.8. The fourth-order valence-electron chi connectivity index (χ4n) is 1.84. The molecule has 8 N–H and O–H groups in total. The van der Waals surface area contributed by atoms with Crippen LogP contribution in [0.3, 0.4) is 0 Å². The van der Waals surface area contributed by atoms with E-state index in [0.29, 0.717) is 0 Å². The monoisotopic (exact) mass is 314 g/mol. The van der Waals surface area contributed by atoms with Crippen molar-refractivity contribution in [2.45, 2.75) is 24.9 Å². The van der Waals surface area contributed by atoms with Crippen LogP contribution in [0.5, 0.6) is 0 Å². The molecule has 10 nitrogen and oxygen atoms in total. The van der Waals surface area contributed by atoms with E-state index >= 15 is 0 Å². The van der Waals surface area contributed by atoms with Gasteiger partial charge >= 0.3 is 0 Å². The maximum atomic E-state index is 11.8. The highest BCUT2D eigenvalue weighted by molar-refractivity contribution is 5.90. The van der Waals surface area contributed by atoms with Gasteiger partial charge in [-0.25, -0.2) is 0 Å². The predicted octanol–water partition coefficient (Wildman–Crippen LogP) is -4.10. The van der Waals surface area contributed by atoms with E-state index in [0.717, 1.165) is 0 Å². The molecule has 1 fully saturated rings. The molecule has 1 saturated heterocycles. The van der Waals surface area contributed by atoms with Gasteiger partial charge in [0.25, 0.3) is 0 Å². The molecule has 4 amide bonds. The first-order valence-electron chi connectivity index (χ1n) is 7.02. The van der Waals surface area contributed by atoms with Crippen LogP contribution in [0.2, 0.25) is 0 Å². The van der Waals surface area contributed by atoms with Gasteiger partial charge in [-0.3, -0.25) is 19.2 Å². The molecule has 0 aromatic heterocycles. The molecule has 0 aromatic rings. The van der Waals surface area contributed by atoms with Crippen LogP contribution < -0.4 is 32.7 Å². The summed E-state index contributed by atoms with van der Waals surface area (Å²) in [7, 11) is 0. The third kappa shape index (κ3) is 5.66. The van der Waals surface area contributed by atoms with Crippen molar-refractivity contribution in [3.63, 3.8) is 0 Å². The van der Waals surface area contributed by atoms with E-state index in [1.807, 2.05) is 0 Å². The minimum absolute atomic E-state index is 0.0131. The molecule has 0 saturated carbocycles. The Hall–Kier alpha value is -2.20. The Morgan fingerprint density at radius 2 is 1.14 bits per heavy atom. The molecule has 0 spiro atoms. The summed E-state index contributed by atoms with van der Waals surface area (Å²) in [6.07, 6.45) is -0.0263. The second-order valence-electron chi connectivity index (χ2n) is 4.79. The summed E-state index contributed by atoms with van der Waals surface area (Å²) >= 11 is 0. The van der Waals surface area contributed by atoms with Gasteiger partial charge in [-0.2, -0.15) is 0 Å². The van der Waals surface area contributed by atoms with E-state index in [9.17, 15) is 19.2 Å². The van der Waals surface area contributed by atoms with Gasteiger partial charge < -0.3 is 32.7 Å². The zero-order chi connectivity index (χ0) is 16.5. The number of hydrogen-bond donors (Lipinski definition) is 6. The summed E-state index contributed by atoms with van der Waals surface area (Å²) in [6.45, 7) is 0.00263. The quantitative estimate of drug-likeness (QED) is 0.303. The first-order chi connectivity index (χ1) is 10.5. The van der Waals surface area contributed by atoms with Gasteiger partial charge in [0.2, 0.25) is 23.6 Å². The van der Waals surface area contributed by atoms with Gasteiger partial charge in [-0.1, -0.05) is 0 Å². The van der Waals surface area contributed by atoms with Gasteiger partial charge in [0, 0.05) is 39.0 Å². The van der Waals surface area contributed by atoms with Crippen molar-refractivity contribution >= 4 is 23.6 Å². The number of hydrogen-bond acceptors (Lipinski definition) is 6. The number of rotatable bonds is 2. The van der Waals surface area contributed by atoms with Gasteiger partial charge in [0.05, 0.1) is 0 Å². The van der Waals surface area contributed by atoms with Gasteiger partial charge in [0.1, 0.15) is 12.1 Å². The van der Waals surface area contributed by atoms with Crippen molar-refractivity contribution < 1.29 is 19.2 Å². The lowest BCUT2D eigenvalue weighted by molar-refractivity contribution is -0.131. The fourth-order valence-corrected chi connectivity index (χ4v) is 1.84. The fraction of sp³-hybridized carbons (Fsp3) is 0.667. The molecular formula is C12H22N6O4. The third-order valence-electron chi connectivity index (χ3n) is 3.08. The van der Waals surface area contributed by atoms with Crippen molar-refractivity contribution in [1.29, 1.82) is 0 Å². The molecule has 124 valence electrons. The van der Waals surface area contributed by atoms with Crippen LogP contribution in [-0.4, -0.2) is 61.9 Å². The van der Waals surface area contributed by atoms with Crippen LogP contribution in [0.4, 0.5) is 0 Å². The molecule has 0 aliphatic carbocycles. The average molecular weight is 314 g/mol. The van der Waals surface area contributed by atoms with Crippen molar-refractivity contribution in [3.05, 3.63) is 0 Å². The number of amides is 4. The Labute approximate surface area is 127 Å². The van der Waals surface area contributed by atoms with Crippen LogP contribution >= 0.6 is 0 Å². The molecular weight excluding hydrogens is 292 g/mol. The highest BCUT2D eigenvalue weighted by atomic mass is 16.2. The maximum Gasteiger partial charge on any atom is 0.243 e. The van der Waals surface area contributed by atoms with Crippen molar-refractivity contribution in [1.82, 2.24) is 21.3 Å². The summed E-state index contributed by atoms with van der Waals surface area (Å²) < 4.78 is 0. The molecule has 1 heterocycles. The van der Waals surface area contributed by atoms with Crippen LogP contribution in [0.25, 0.3) is 0 Å². The largest absolute Gasteiger partial charge is 0.354 e. The normalized spacial score (nSPS) is 25.4. The molecule has 1 aliphatic heterocycles. The Bertz CT molecular complexity index is 401. The molecule has 22 heavy (non-hydrogen) atoms. The van der Waals surface area contributed by atoms with E-state index in [1.54, 1.807) is 0 Å². The van der Waals surface area contributed by atoms with Crippen LogP contribution in [0.15, 0.2) is 0 Å². The minimum Gasteiger partial charge on any atom is -0.354 e. The van der Waals surface area contributed by atoms with Crippen LogP contribution in [0.1, 0.15) is 12.8 Å². The molecule has 1 rings (SSSR count). The summed E-state index contributed by atoms with van der Waals surface area (Å²) in [5, 5.41) is 9.95. The van der Waals surface area contributed by atoms with Gasteiger partial charge in [-0.05, 0) is 0 Å². The molecule has 0 bridgehead atoms. The first-order valence-corrected chi connectivity index (χ1v) is 7.02. The SMILES string of the molecule is NCC1NC(=O)CCNC(=O)C(CN)NC(=O)CCNC1=O. The number of nitrogens with two attached hydrogens (primary N) is 2. The van der Waals surface area contributed by atoms with E-state index in [4.69, 9.17) is 11.5 Å². The predicted molar refractivity (Wildman–Crippen MR) is 77.2 cm³/mol. The molecule has 0 radical (unpaired) electrons. The highest BCUT2D eigenvalue weighted by Gasteiger charge is 2.22. The van der Waals surface area contributed by atoms with Gasteiger partial charge in [-0.15, -0.1) is 0 Å². The van der Waals surface area contributed by atoms with Crippen molar-refractivity contribution in [2.24, 2.45) is 11.5 Å². The topological polar surface area (TPSA) is 168 Å². The lowest BCUT2D eigenvalue weighted by Crippen LogP contribution is -2.54. The Morgan fingerprint density at radius 1 is 0.773 bits per heavy atom. The van der Waals surface area contributed by atoms with Crippen molar-refractivity contribution in [2.75, 3.05) is 26.2 Å². The van der Waals surface area contributed by atoms with Crippen molar-refractivity contribution in [3.8, 4) is 0 Å². The Balaban J connectivity index is 2.73. The number of carbonyl (C=O) groups excluding carboxylic acids is 4. The average Bonchev–Trinajstić information content (AvgIpc) is 2.49. The molecule has 2 unspecified atom stereocenters. The first kappa shape index (κ1) is 17.9. The summed E-state index contributed by atoms with van der Waals surface area (Å²) in [5.41, 5.74) is 10.9. The van der Waals surface area contributed by atoms with Crippen LogP contribution in [0, 0.1) is 0 Å². The minimum atomic E-state index is -0.869. The highest BCUT2D eigenvalue weighted by Crippen LogP contribution is 1.90. The summed E-state index contributed by atoms with van der Waals surface area (Å²) in [6, 6.07) is -1.74. The summed E-state index contributed by atoms with van der Waals surface area (Å²) in [5.74, 6) is -1.73. The summed E-state index contributed by atoms with van der Waals surface area (Å²) in [4.78, 5) is 47.0. The Morgan fingerprint density at radius 3 is 1.45 bits per heavy atom. The molecule has 2 atom stereocenters. The lowest BCUT2D eigenvalue weighted by Gasteiger charge is -2.20. The van der Waals surface area contributed by atoms with E-state index < -0.39 is 35.7 Å². The van der Waals surface area contributed by atoms with Gasteiger partial charge in [0.15, 0.2) is 0 Å². The standard InChI is InChI=1S/C12H22N6O4/c13-5-7-12(22)16-4-2-10(20)18-8(6-14)11(21)15-3-1-9(19)17-7/h7-8H,1-6,13-14H2,(H,15,21)(H,16,22)(H,17,19)(H,18,20). The Kier molecular flexibility index (Phi) is 7.26. The molecule has 10 heteroatoms. The van der Waals surface area contributed by atoms with E-state index in [2.05, 4.69) is 21.3 Å². The number of carbonyl (C=O) groups is 4. The zero-order valence-electron chi connectivity index (χ0n) is 12.2. The molecule has 0 aromatic carbocycles. The zero-order valence-corrected chi connectivity index (χ0v) is 12.2. The number of nitrogens with one attached hydrogen (secondary N) is 4. The lowest BCUT2D eigenvalue weighted by atomic mass is 10.2. The van der Waals surface area contributed by atoms with E-state index in [1.165, 1.54) is 0 Å².